The van der Waals surface area contributed by atoms with Gasteiger partial charge < -0.3 is 9.30 Å². The van der Waals surface area contributed by atoms with E-state index in [4.69, 9.17) is 14.7 Å². The highest BCUT2D eigenvalue weighted by atomic mass is 16.5. The highest BCUT2D eigenvalue weighted by Gasteiger charge is 2.18. The van der Waals surface area contributed by atoms with Crippen molar-refractivity contribution in [3.63, 3.8) is 0 Å². The minimum Gasteiger partial charge on any atom is -0.457 e. The average Bonchev–Trinajstić information content (AvgIpc) is 3.42. The first-order valence-electron chi connectivity index (χ1n) is 11.0. The fraction of sp³-hybridized carbons (Fsp3) is 0.222. The Morgan fingerprint density at radius 2 is 1.76 bits per heavy atom. The van der Waals surface area contributed by atoms with E-state index >= 15 is 0 Å². The van der Waals surface area contributed by atoms with Crippen LogP contribution in [-0.2, 0) is 5.41 Å². The summed E-state index contributed by atoms with van der Waals surface area (Å²) in [4.78, 5) is 13.6. The lowest BCUT2D eigenvalue weighted by Crippen LogP contribution is -2.11. The fourth-order valence-corrected chi connectivity index (χ4v) is 3.95. The van der Waals surface area contributed by atoms with Gasteiger partial charge in [0, 0.05) is 42.5 Å². The van der Waals surface area contributed by atoms with E-state index in [0.717, 1.165) is 39.9 Å². The SMILES string of the molecule is Cc1nc2cc(Oc3cccc(-n4ccnc4)c3)cc(-c3cc(C(C)(C)C)ccn3)n2c1C. The Kier molecular flexibility index (Phi) is 5.01. The van der Waals surface area contributed by atoms with Crippen LogP contribution in [-0.4, -0.2) is 23.9 Å². The molecule has 0 spiro atoms. The van der Waals surface area contributed by atoms with Crippen LogP contribution in [0.25, 0.3) is 22.7 Å². The molecule has 0 radical (unpaired) electrons. The summed E-state index contributed by atoms with van der Waals surface area (Å²) in [6, 6.07) is 16.2. The Morgan fingerprint density at radius 3 is 2.52 bits per heavy atom. The van der Waals surface area contributed by atoms with Gasteiger partial charge in [0.1, 0.15) is 17.1 Å². The summed E-state index contributed by atoms with van der Waals surface area (Å²) in [5, 5.41) is 0. The topological polar surface area (TPSA) is 57.2 Å². The number of imidazole rings is 2. The molecule has 0 fully saturated rings. The number of pyridine rings is 2. The maximum Gasteiger partial charge on any atom is 0.141 e. The number of hydrogen-bond donors (Lipinski definition) is 0. The maximum absolute atomic E-state index is 6.32. The number of aryl methyl sites for hydroxylation is 2. The average molecular weight is 438 g/mol. The van der Waals surface area contributed by atoms with E-state index in [1.165, 1.54) is 5.56 Å². The molecule has 5 aromatic rings. The smallest absolute Gasteiger partial charge is 0.141 e. The highest BCUT2D eigenvalue weighted by Crippen LogP contribution is 2.32. The van der Waals surface area contributed by atoms with Crippen molar-refractivity contribution in [3.8, 4) is 28.6 Å². The number of ether oxygens (including phenoxy) is 1. The summed E-state index contributed by atoms with van der Waals surface area (Å²) >= 11 is 0. The molecule has 0 N–H and O–H groups in total. The first-order chi connectivity index (χ1) is 15.8. The van der Waals surface area contributed by atoms with Crippen molar-refractivity contribution in [2.75, 3.05) is 0 Å². The molecule has 0 unspecified atom stereocenters. The zero-order valence-corrected chi connectivity index (χ0v) is 19.6. The lowest BCUT2D eigenvalue weighted by atomic mass is 9.87. The van der Waals surface area contributed by atoms with Gasteiger partial charge in [0.05, 0.1) is 29.1 Å². The Hall–Kier alpha value is -3.93. The van der Waals surface area contributed by atoms with E-state index in [9.17, 15) is 0 Å². The summed E-state index contributed by atoms with van der Waals surface area (Å²) in [6.45, 7) is 10.7. The van der Waals surface area contributed by atoms with Crippen molar-refractivity contribution in [1.29, 1.82) is 0 Å². The molecule has 6 heteroatoms. The summed E-state index contributed by atoms with van der Waals surface area (Å²) in [6.07, 6.45) is 7.32. The summed E-state index contributed by atoms with van der Waals surface area (Å²) in [5.41, 5.74) is 7.01. The zero-order valence-electron chi connectivity index (χ0n) is 19.6. The zero-order chi connectivity index (χ0) is 23.2. The molecule has 4 aromatic heterocycles. The lowest BCUT2D eigenvalue weighted by Gasteiger charge is -2.20. The van der Waals surface area contributed by atoms with E-state index in [-0.39, 0.29) is 5.41 Å². The van der Waals surface area contributed by atoms with Crippen molar-refractivity contribution in [3.05, 3.63) is 90.4 Å². The normalized spacial score (nSPS) is 11.8. The molecule has 0 atom stereocenters. The molecule has 0 bridgehead atoms. The van der Waals surface area contributed by atoms with Crippen molar-refractivity contribution in [1.82, 2.24) is 23.9 Å². The van der Waals surface area contributed by atoms with Gasteiger partial charge in [0.2, 0.25) is 0 Å². The van der Waals surface area contributed by atoms with Crippen LogP contribution in [0.2, 0.25) is 0 Å². The molecule has 166 valence electrons. The van der Waals surface area contributed by atoms with E-state index in [2.05, 4.69) is 49.2 Å². The van der Waals surface area contributed by atoms with Gasteiger partial charge in [-0.2, -0.15) is 0 Å². The summed E-state index contributed by atoms with van der Waals surface area (Å²) in [7, 11) is 0. The van der Waals surface area contributed by atoms with Gasteiger partial charge in [-0.3, -0.25) is 9.38 Å². The van der Waals surface area contributed by atoms with Gasteiger partial charge in [-0.15, -0.1) is 0 Å². The third-order valence-corrected chi connectivity index (χ3v) is 5.91. The monoisotopic (exact) mass is 437 g/mol. The lowest BCUT2D eigenvalue weighted by molar-refractivity contribution is 0.482. The Bertz CT molecular complexity index is 1440. The second kappa shape index (κ2) is 7.89. The van der Waals surface area contributed by atoms with Crippen molar-refractivity contribution >= 4 is 5.65 Å². The Balaban J connectivity index is 1.62. The predicted octanol–water partition coefficient (Wildman–Crippen LogP) is 6.29. The first kappa shape index (κ1) is 20.9. The molecule has 33 heavy (non-hydrogen) atoms. The van der Waals surface area contributed by atoms with Crippen molar-refractivity contribution < 1.29 is 4.74 Å². The molecule has 5 rings (SSSR count). The summed E-state index contributed by atoms with van der Waals surface area (Å²) in [5.74, 6) is 1.46. The van der Waals surface area contributed by atoms with E-state index < -0.39 is 0 Å². The predicted molar refractivity (Wildman–Crippen MR) is 130 cm³/mol. The highest BCUT2D eigenvalue weighted by molar-refractivity contribution is 5.66. The van der Waals surface area contributed by atoms with Crippen LogP contribution in [0.3, 0.4) is 0 Å². The minimum atomic E-state index is 0.0264. The Labute approximate surface area is 193 Å². The largest absolute Gasteiger partial charge is 0.457 e. The van der Waals surface area contributed by atoms with Crippen LogP contribution in [0.15, 0.2) is 73.4 Å². The minimum absolute atomic E-state index is 0.0264. The quantitative estimate of drug-likeness (QED) is 0.332. The van der Waals surface area contributed by atoms with Crippen LogP contribution in [0, 0.1) is 13.8 Å². The van der Waals surface area contributed by atoms with Crippen LogP contribution in [0.5, 0.6) is 11.5 Å². The van der Waals surface area contributed by atoms with Gasteiger partial charge in [-0.25, -0.2) is 9.97 Å². The molecule has 4 heterocycles. The van der Waals surface area contributed by atoms with Crippen LogP contribution < -0.4 is 4.74 Å². The van der Waals surface area contributed by atoms with E-state index in [1.807, 2.05) is 60.3 Å². The third kappa shape index (κ3) is 4.00. The number of aromatic nitrogens is 5. The second-order valence-electron chi connectivity index (χ2n) is 9.30. The third-order valence-electron chi connectivity index (χ3n) is 5.91. The molecule has 6 nitrogen and oxygen atoms in total. The van der Waals surface area contributed by atoms with Gasteiger partial charge in [-0.1, -0.05) is 26.8 Å². The van der Waals surface area contributed by atoms with Crippen molar-refractivity contribution in [2.45, 2.75) is 40.0 Å². The molecule has 0 aliphatic heterocycles. The van der Waals surface area contributed by atoms with Gasteiger partial charge >= 0.3 is 0 Å². The second-order valence-corrected chi connectivity index (χ2v) is 9.30. The number of fused-ring (bicyclic) bond motifs is 1. The maximum atomic E-state index is 6.32. The van der Waals surface area contributed by atoms with Crippen molar-refractivity contribution in [2.24, 2.45) is 0 Å². The molecular formula is C27H27N5O. The van der Waals surface area contributed by atoms with Gasteiger partial charge in [0.25, 0.3) is 0 Å². The standard InChI is InChI=1S/C27H27N5O/c1-18-19(2)32-25(24-13-20(9-10-29-24)27(3,4)5)15-23(16-26(32)30-18)33-22-8-6-7-21(14-22)31-12-11-28-17-31/h6-17H,1-5H3. The number of hydrogen-bond acceptors (Lipinski definition) is 4. The molecule has 0 aliphatic rings. The van der Waals surface area contributed by atoms with E-state index in [1.54, 1.807) is 12.5 Å². The van der Waals surface area contributed by atoms with Crippen LogP contribution in [0.4, 0.5) is 0 Å². The first-order valence-corrected chi connectivity index (χ1v) is 11.0. The molecule has 1 aromatic carbocycles. The summed E-state index contributed by atoms with van der Waals surface area (Å²) < 4.78 is 10.4. The van der Waals surface area contributed by atoms with Crippen LogP contribution in [0.1, 0.15) is 37.7 Å². The number of rotatable bonds is 4. The van der Waals surface area contributed by atoms with Crippen LogP contribution >= 0.6 is 0 Å². The molecular weight excluding hydrogens is 410 g/mol. The van der Waals surface area contributed by atoms with Gasteiger partial charge in [-0.05, 0) is 49.1 Å². The van der Waals surface area contributed by atoms with E-state index in [0.29, 0.717) is 5.75 Å². The fourth-order valence-electron chi connectivity index (χ4n) is 3.95. The number of nitrogens with zero attached hydrogens (tertiary/aromatic N) is 5. The molecule has 0 aliphatic carbocycles. The molecule has 0 saturated carbocycles. The van der Waals surface area contributed by atoms with Gasteiger partial charge in [0.15, 0.2) is 0 Å². The number of benzene rings is 1. The Morgan fingerprint density at radius 1 is 0.909 bits per heavy atom. The molecule has 0 amide bonds. The molecule has 0 saturated heterocycles.